The Bertz CT molecular complexity index is 857. The van der Waals surface area contributed by atoms with E-state index >= 15 is 0 Å². The second-order valence-electron chi connectivity index (χ2n) is 8.30. The van der Waals surface area contributed by atoms with Crippen LogP contribution in [0.5, 0.6) is 0 Å². The van der Waals surface area contributed by atoms with Crippen LogP contribution in [0.4, 0.5) is 0 Å². The number of nitrogens with two attached hydrogens (primary N) is 1. The first-order valence-corrected chi connectivity index (χ1v) is 10.6. The second kappa shape index (κ2) is 13.3. The minimum Gasteiger partial charge on any atom is -0.481 e. The van der Waals surface area contributed by atoms with Gasteiger partial charge in [-0.3, -0.25) is 19.2 Å². The number of aliphatic hydroxyl groups excluding tert-OH is 1. The molecule has 0 aliphatic heterocycles. The van der Waals surface area contributed by atoms with E-state index in [2.05, 4.69) is 25.9 Å². The maximum atomic E-state index is 12.9. The third-order valence-electron chi connectivity index (χ3n) is 4.73. The molecule has 9 N–H and O–H groups in total. The number of carbonyl (C=O) groups excluding carboxylic acids is 3. The summed E-state index contributed by atoms with van der Waals surface area (Å²) in [7, 11) is 0. The van der Waals surface area contributed by atoms with Crippen LogP contribution in [0.1, 0.15) is 39.3 Å². The summed E-state index contributed by atoms with van der Waals surface area (Å²) < 4.78 is 0. The molecule has 0 radical (unpaired) electrons. The van der Waals surface area contributed by atoms with Gasteiger partial charge >= 0.3 is 11.9 Å². The molecule has 5 unspecified atom stereocenters. The first-order valence-electron chi connectivity index (χ1n) is 10.6. The number of nitrogens with zero attached hydrogens (tertiary/aromatic N) is 1. The van der Waals surface area contributed by atoms with Crippen LogP contribution >= 0.6 is 0 Å². The van der Waals surface area contributed by atoms with Crippen molar-refractivity contribution in [1.29, 1.82) is 0 Å². The summed E-state index contributed by atoms with van der Waals surface area (Å²) >= 11 is 0. The van der Waals surface area contributed by atoms with E-state index in [1.807, 2.05) is 0 Å². The van der Waals surface area contributed by atoms with Gasteiger partial charge < -0.3 is 42.0 Å². The van der Waals surface area contributed by atoms with Gasteiger partial charge in [0.15, 0.2) is 0 Å². The molecule has 0 aliphatic rings. The standard InChI is InChI=1S/C20H32N6O8/c1-9(2)4-14(20(33)34)25-19(32)16(10(3)27)26-18(31)13(5-11-7-22-8-23-11)24-17(30)12(21)6-15(28)29/h7-10,12-14,16,27H,4-6,21H2,1-3H3,(H,22,23)(H,24,30)(H,25,32)(H,26,31)(H,28,29)(H,33,34). The zero-order chi connectivity index (χ0) is 26.0. The van der Waals surface area contributed by atoms with Gasteiger partial charge in [0.1, 0.15) is 18.1 Å². The number of amides is 3. The van der Waals surface area contributed by atoms with E-state index in [4.69, 9.17) is 10.8 Å². The Morgan fingerprint density at radius 3 is 2.09 bits per heavy atom. The molecule has 14 nitrogen and oxygen atoms in total. The fourth-order valence-corrected chi connectivity index (χ4v) is 3.00. The molecule has 0 spiro atoms. The molecule has 34 heavy (non-hydrogen) atoms. The predicted molar refractivity (Wildman–Crippen MR) is 117 cm³/mol. The van der Waals surface area contributed by atoms with Gasteiger partial charge in [0, 0.05) is 18.3 Å². The van der Waals surface area contributed by atoms with Gasteiger partial charge in [0.25, 0.3) is 0 Å². The topological polar surface area (TPSA) is 237 Å². The quantitative estimate of drug-likeness (QED) is 0.141. The second-order valence-corrected chi connectivity index (χ2v) is 8.30. The fraction of sp³-hybridized carbons (Fsp3) is 0.600. The molecule has 0 aliphatic carbocycles. The number of aromatic nitrogens is 2. The van der Waals surface area contributed by atoms with Gasteiger partial charge in [-0.25, -0.2) is 9.78 Å². The highest BCUT2D eigenvalue weighted by Gasteiger charge is 2.33. The van der Waals surface area contributed by atoms with E-state index in [0.29, 0.717) is 5.69 Å². The number of aliphatic hydroxyl groups is 1. The van der Waals surface area contributed by atoms with Gasteiger partial charge in [-0.2, -0.15) is 0 Å². The number of carboxylic acid groups (broad SMARTS) is 2. The number of aromatic amines is 1. The number of rotatable bonds is 14. The number of hydrogen-bond donors (Lipinski definition) is 8. The van der Waals surface area contributed by atoms with Crippen molar-refractivity contribution >= 4 is 29.7 Å². The van der Waals surface area contributed by atoms with Gasteiger partial charge in [0.2, 0.25) is 17.7 Å². The van der Waals surface area contributed by atoms with Crippen LogP contribution in [-0.4, -0.2) is 85.2 Å². The minimum absolute atomic E-state index is 0.0509. The van der Waals surface area contributed by atoms with E-state index in [1.54, 1.807) is 13.8 Å². The van der Waals surface area contributed by atoms with Crippen molar-refractivity contribution in [3.8, 4) is 0 Å². The SMILES string of the molecule is CC(C)CC(NC(=O)C(NC(=O)C(Cc1cnc[nH]1)NC(=O)C(N)CC(=O)O)C(C)O)C(=O)O. The van der Waals surface area contributed by atoms with Crippen LogP contribution in [0.25, 0.3) is 0 Å². The summed E-state index contributed by atoms with van der Waals surface area (Å²) in [5, 5.41) is 35.2. The largest absolute Gasteiger partial charge is 0.481 e. The molecule has 5 atom stereocenters. The van der Waals surface area contributed by atoms with Crippen molar-refractivity contribution in [2.24, 2.45) is 11.7 Å². The summed E-state index contributed by atoms with van der Waals surface area (Å²) in [6.45, 7) is 4.77. The Balaban J connectivity index is 3.02. The Kier molecular flexibility index (Phi) is 11.1. The minimum atomic E-state index is -1.53. The molecule has 190 valence electrons. The molecule has 1 aromatic heterocycles. The number of aliphatic carboxylic acids is 2. The Morgan fingerprint density at radius 1 is 1.00 bits per heavy atom. The number of H-pyrrole nitrogens is 1. The van der Waals surface area contributed by atoms with Crippen molar-refractivity contribution in [1.82, 2.24) is 25.9 Å². The van der Waals surface area contributed by atoms with E-state index in [1.165, 1.54) is 19.4 Å². The molecule has 0 aromatic carbocycles. The number of nitrogens with one attached hydrogen (secondary N) is 4. The van der Waals surface area contributed by atoms with E-state index in [-0.39, 0.29) is 18.8 Å². The molecule has 14 heteroatoms. The Labute approximate surface area is 195 Å². The average molecular weight is 485 g/mol. The van der Waals surface area contributed by atoms with Crippen LogP contribution in [0.3, 0.4) is 0 Å². The number of hydrogen-bond acceptors (Lipinski definition) is 8. The molecule has 0 fully saturated rings. The fourth-order valence-electron chi connectivity index (χ4n) is 3.00. The summed E-state index contributed by atoms with van der Waals surface area (Å²) in [5.41, 5.74) is 5.99. The van der Waals surface area contributed by atoms with Crippen LogP contribution in [-0.2, 0) is 30.4 Å². The van der Waals surface area contributed by atoms with Crippen LogP contribution in [0, 0.1) is 5.92 Å². The van der Waals surface area contributed by atoms with Gasteiger partial charge in [-0.05, 0) is 19.3 Å². The Morgan fingerprint density at radius 2 is 1.62 bits per heavy atom. The lowest BCUT2D eigenvalue weighted by molar-refractivity contribution is -0.143. The summed E-state index contributed by atoms with van der Waals surface area (Å²) in [6.07, 6.45) is 0.671. The maximum Gasteiger partial charge on any atom is 0.326 e. The molecular formula is C20H32N6O8. The maximum absolute atomic E-state index is 12.9. The summed E-state index contributed by atoms with van der Waals surface area (Å²) in [5.74, 6) is -5.35. The van der Waals surface area contributed by atoms with E-state index in [9.17, 15) is 34.2 Å². The van der Waals surface area contributed by atoms with Crippen molar-refractivity contribution in [2.75, 3.05) is 0 Å². The summed E-state index contributed by atoms with van der Waals surface area (Å²) in [4.78, 5) is 66.8. The van der Waals surface area contributed by atoms with Gasteiger partial charge in [-0.15, -0.1) is 0 Å². The van der Waals surface area contributed by atoms with Crippen molar-refractivity contribution in [3.63, 3.8) is 0 Å². The lowest BCUT2D eigenvalue weighted by Gasteiger charge is -2.26. The normalized spacial score (nSPS) is 15.5. The highest BCUT2D eigenvalue weighted by Crippen LogP contribution is 2.07. The lowest BCUT2D eigenvalue weighted by atomic mass is 10.0. The van der Waals surface area contributed by atoms with E-state index in [0.717, 1.165) is 0 Å². The molecule has 3 amide bonds. The molecule has 1 rings (SSSR count). The molecule has 1 aromatic rings. The molecule has 0 saturated heterocycles. The van der Waals surface area contributed by atoms with Crippen LogP contribution < -0.4 is 21.7 Å². The number of imidazole rings is 1. The third-order valence-corrected chi connectivity index (χ3v) is 4.73. The first kappa shape index (κ1) is 28.5. The summed E-state index contributed by atoms with van der Waals surface area (Å²) in [6, 6.07) is -5.51. The highest BCUT2D eigenvalue weighted by molar-refractivity contribution is 5.95. The zero-order valence-electron chi connectivity index (χ0n) is 19.1. The molecule has 0 saturated carbocycles. The molecular weight excluding hydrogens is 452 g/mol. The number of carboxylic acids is 2. The number of carbonyl (C=O) groups is 5. The lowest BCUT2D eigenvalue weighted by Crippen LogP contribution is -2.60. The van der Waals surface area contributed by atoms with Crippen molar-refractivity contribution in [3.05, 3.63) is 18.2 Å². The third kappa shape index (κ3) is 9.54. The van der Waals surface area contributed by atoms with Crippen molar-refractivity contribution < 1.29 is 39.3 Å². The predicted octanol–water partition coefficient (Wildman–Crippen LogP) is -2.28. The highest BCUT2D eigenvalue weighted by atomic mass is 16.4. The zero-order valence-corrected chi connectivity index (χ0v) is 19.1. The van der Waals surface area contributed by atoms with Crippen LogP contribution in [0.15, 0.2) is 12.5 Å². The first-order chi connectivity index (χ1) is 15.8. The Hall–Kier alpha value is -3.52. The smallest absolute Gasteiger partial charge is 0.326 e. The molecule has 1 heterocycles. The van der Waals surface area contributed by atoms with Gasteiger partial charge in [-0.1, -0.05) is 13.8 Å². The monoisotopic (exact) mass is 484 g/mol. The van der Waals surface area contributed by atoms with Gasteiger partial charge in [0.05, 0.1) is 24.9 Å². The van der Waals surface area contributed by atoms with Crippen LogP contribution in [0.2, 0.25) is 0 Å². The molecule has 0 bridgehead atoms. The average Bonchev–Trinajstić information content (AvgIpc) is 3.22. The van der Waals surface area contributed by atoms with E-state index < -0.39 is 66.4 Å². The van der Waals surface area contributed by atoms with Crippen molar-refractivity contribution in [2.45, 2.75) is 70.3 Å².